The van der Waals surface area contributed by atoms with E-state index in [0.29, 0.717) is 11.8 Å². The molecule has 0 bridgehead atoms. The van der Waals surface area contributed by atoms with Crippen molar-refractivity contribution in [2.45, 2.75) is 46.7 Å². The van der Waals surface area contributed by atoms with Crippen LogP contribution in [0.4, 0.5) is 0 Å². The lowest BCUT2D eigenvalue weighted by atomic mass is 9.88. The second-order valence-electron chi connectivity index (χ2n) is 4.67. The van der Waals surface area contributed by atoms with Crippen LogP contribution in [0.5, 0.6) is 0 Å². The van der Waals surface area contributed by atoms with Crippen LogP contribution in [0.15, 0.2) is 12.4 Å². The van der Waals surface area contributed by atoms with Crippen LogP contribution < -0.4 is 5.73 Å². The predicted molar refractivity (Wildman–Crippen MR) is 63.4 cm³/mol. The highest BCUT2D eigenvalue weighted by Crippen LogP contribution is 2.24. The highest BCUT2D eigenvalue weighted by atomic mass is 15.3. The molecule has 0 spiro atoms. The van der Waals surface area contributed by atoms with Crippen LogP contribution >= 0.6 is 0 Å². The van der Waals surface area contributed by atoms with Gasteiger partial charge in [0.15, 0.2) is 0 Å². The minimum atomic E-state index is 0.107. The summed E-state index contributed by atoms with van der Waals surface area (Å²) < 4.78 is 1.97. The van der Waals surface area contributed by atoms with E-state index in [2.05, 4.69) is 39.0 Å². The number of aromatic nitrogens is 2. The van der Waals surface area contributed by atoms with E-state index in [1.165, 1.54) is 0 Å². The Morgan fingerprint density at radius 2 is 2.07 bits per heavy atom. The Labute approximate surface area is 92.7 Å². The van der Waals surface area contributed by atoms with E-state index in [9.17, 15) is 0 Å². The molecule has 0 aliphatic heterocycles. The molecule has 0 aliphatic rings. The Balaban J connectivity index is 2.69. The molecular weight excluding hydrogens is 186 g/mol. The predicted octanol–water partition coefficient (Wildman–Crippen LogP) is 2.59. The van der Waals surface area contributed by atoms with Gasteiger partial charge in [-0.25, -0.2) is 0 Å². The van der Waals surface area contributed by atoms with Crippen molar-refractivity contribution in [1.29, 1.82) is 0 Å². The topological polar surface area (TPSA) is 43.8 Å². The van der Waals surface area contributed by atoms with Crippen molar-refractivity contribution >= 4 is 0 Å². The summed E-state index contributed by atoms with van der Waals surface area (Å²) in [5.74, 6) is 1.10. The molecule has 2 unspecified atom stereocenters. The van der Waals surface area contributed by atoms with Crippen molar-refractivity contribution in [1.82, 2.24) is 9.78 Å². The maximum Gasteiger partial charge on any atom is 0.0537 e. The van der Waals surface area contributed by atoms with Gasteiger partial charge >= 0.3 is 0 Å². The van der Waals surface area contributed by atoms with Crippen LogP contribution in [0, 0.1) is 11.8 Å². The summed E-state index contributed by atoms with van der Waals surface area (Å²) in [5.41, 5.74) is 7.35. The molecule has 1 aromatic rings. The van der Waals surface area contributed by atoms with Gasteiger partial charge in [-0.05, 0) is 18.3 Å². The summed E-state index contributed by atoms with van der Waals surface area (Å²) >= 11 is 0. The third-order valence-electron chi connectivity index (χ3n) is 3.11. The fraction of sp³-hybridized carbons (Fsp3) is 0.750. The fourth-order valence-corrected chi connectivity index (χ4v) is 1.62. The molecule has 1 heterocycles. The van der Waals surface area contributed by atoms with Gasteiger partial charge in [-0.3, -0.25) is 4.68 Å². The minimum Gasteiger partial charge on any atom is -0.324 e. The molecule has 3 nitrogen and oxygen atoms in total. The van der Waals surface area contributed by atoms with E-state index in [1.54, 1.807) is 0 Å². The summed E-state index contributed by atoms with van der Waals surface area (Å²) in [5, 5.41) is 4.31. The fourth-order valence-electron chi connectivity index (χ4n) is 1.62. The molecule has 0 fully saturated rings. The van der Waals surface area contributed by atoms with Crippen LogP contribution in [0.3, 0.4) is 0 Å². The molecule has 0 amide bonds. The average molecular weight is 209 g/mol. The Bertz CT molecular complexity index is 291. The number of hydrogen-bond acceptors (Lipinski definition) is 2. The van der Waals surface area contributed by atoms with Crippen molar-refractivity contribution in [2.24, 2.45) is 17.6 Å². The number of nitrogens with zero attached hydrogens (tertiary/aromatic N) is 2. The molecule has 1 rings (SSSR count). The Hall–Kier alpha value is -0.830. The largest absolute Gasteiger partial charge is 0.324 e. The monoisotopic (exact) mass is 209 g/mol. The van der Waals surface area contributed by atoms with Crippen LogP contribution in [-0.4, -0.2) is 9.78 Å². The number of aryl methyl sites for hydroxylation is 1. The van der Waals surface area contributed by atoms with Crippen molar-refractivity contribution in [3.63, 3.8) is 0 Å². The second-order valence-corrected chi connectivity index (χ2v) is 4.67. The summed E-state index contributed by atoms with van der Waals surface area (Å²) in [4.78, 5) is 0. The lowest BCUT2D eigenvalue weighted by molar-refractivity contribution is 0.352. The zero-order valence-electron chi connectivity index (χ0n) is 10.3. The third-order valence-corrected chi connectivity index (χ3v) is 3.11. The molecule has 86 valence electrons. The third kappa shape index (κ3) is 3.06. The maximum atomic E-state index is 6.20. The Morgan fingerprint density at radius 3 is 2.60 bits per heavy atom. The van der Waals surface area contributed by atoms with Gasteiger partial charge < -0.3 is 5.73 Å². The quantitative estimate of drug-likeness (QED) is 0.810. The Morgan fingerprint density at radius 1 is 1.40 bits per heavy atom. The Kier molecular flexibility index (Phi) is 4.33. The van der Waals surface area contributed by atoms with Crippen molar-refractivity contribution in [3.05, 3.63) is 18.0 Å². The van der Waals surface area contributed by atoms with Gasteiger partial charge in [0.25, 0.3) is 0 Å². The van der Waals surface area contributed by atoms with E-state index in [-0.39, 0.29) is 6.04 Å². The van der Waals surface area contributed by atoms with E-state index in [0.717, 1.165) is 18.5 Å². The molecule has 0 saturated heterocycles. The lowest BCUT2D eigenvalue weighted by Crippen LogP contribution is -2.22. The first kappa shape index (κ1) is 12.2. The van der Waals surface area contributed by atoms with Gasteiger partial charge in [-0.15, -0.1) is 0 Å². The maximum absolute atomic E-state index is 6.20. The zero-order chi connectivity index (χ0) is 11.4. The van der Waals surface area contributed by atoms with Gasteiger partial charge in [0.2, 0.25) is 0 Å². The van der Waals surface area contributed by atoms with E-state index < -0.39 is 0 Å². The van der Waals surface area contributed by atoms with E-state index in [1.807, 2.05) is 10.9 Å². The van der Waals surface area contributed by atoms with Gasteiger partial charge in [-0.2, -0.15) is 5.10 Å². The molecule has 0 saturated carbocycles. The number of hydrogen-bond donors (Lipinski definition) is 1. The molecule has 0 aromatic carbocycles. The van der Waals surface area contributed by atoms with Crippen molar-refractivity contribution in [2.75, 3.05) is 0 Å². The number of rotatable bonds is 5. The minimum absolute atomic E-state index is 0.107. The summed E-state index contributed by atoms with van der Waals surface area (Å²) in [6.07, 6.45) is 5.09. The van der Waals surface area contributed by atoms with Crippen LogP contribution in [0.1, 0.15) is 45.7 Å². The highest BCUT2D eigenvalue weighted by molar-refractivity contribution is 5.10. The number of nitrogens with two attached hydrogens (primary N) is 1. The van der Waals surface area contributed by atoms with E-state index >= 15 is 0 Å². The SMILES string of the molecule is CCCn1cc(C(N)C(C)C(C)C)cn1. The van der Waals surface area contributed by atoms with Crippen LogP contribution in [-0.2, 0) is 6.54 Å². The molecule has 15 heavy (non-hydrogen) atoms. The normalized spacial score (nSPS) is 15.6. The zero-order valence-corrected chi connectivity index (χ0v) is 10.3. The first-order chi connectivity index (χ1) is 7.06. The first-order valence-electron chi connectivity index (χ1n) is 5.84. The molecule has 2 atom stereocenters. The van der Waals surface area contributed by atoms with Crippen LogP contribution in [0.2, 0.25) is 0 Å². The molecule has 2 N–H and O–H groups in total. The lowest BCUT2D eigenvalue weighted by Gasteiger charge is -2.22. The van der Waals surface area contributed by atoms with Gasteiger partial charge in [0, 0.05) is 24.3 Å². The molecule has 3 heteroatoms. The summed E-state index contributed by atoms with van der Waals surface area (Å²) in [6.45, 7) is 9.75. The highest BCUT2D eigenvalue weighted by Gasteiger charge is 2.19. The average Bonchev–Trinajstić information content (AvgIpc) is 2.64. The first-order valence-corrected chi connectivity index (χ1v) is 5.84. The van der Waals surface area contributed by atoms with Crippen LogP contribution in [0.25, 0.3) is 0 Å². The van der Waals surface area contributed by atoms with Crippen molar-refractivity contribution in [3.8, 4) is 0 Å². The molecular formula is C12H23N3. The van der Waals surface area contributed by atoms with Gasteiger partial charge in [0.05, 0.1) is 6.20 Å². The van der Waals surface area contributed by atoms with Gasteiger partial charge in [0.1, 0.15) is 0 Å². The molecule has 0 radical (unpaired) electrons. The van der Waals surface area contributed by atoms with Gasteiger partial charge in [-0.1, -0.05) is 27.7 Å². The smallest absolute Gasteiger partial charge is 0.0537 e. The standard InChI is InChI=1S/C12H23N3/c1-5-6-15-8-11(7-14-15)12(13)10(4)9(2)3/h7-10,12H,5-6,13H2,1-4H3. The summed E-state index contributed by atoms with van der Waals surface area (Å²) in [7, 11) is 0. The molecule has 0 aliphatic carbocycles. The van der Waals surface area contributed by atoms with Crippen molar-refractivity contribution < 1.29 is 0 Å². The molecule has 1 aromatic heterocycles. The summed E-state index contributed by atoms with van der Waals surface area (Å²) in [6, 6.07) is 0.107. The van der Waals surface area contributed by atoms with E-state index in [4.69, 9.17) is 5.73 Å². The second kappa shape index (κ2) is 5.31.